The van der Waals surface area contributed by atoms with Crippen LogP contribution < -0.4 is 0 Å². The van der Waals surface area contributed by atoms with Gasteiger partial charge in [-0.15, -0.1) is 0 Å². The zero-order valence-corrected chi connectivity index (χ0v) is 24.9. The Hall–Kier alpha value is -4.69. The van der Waals surface area contributed by atoms with Gasteiger partial charge in [0.1, 0.15) is 21.3 Å². The van der Waals surface area contributed by atoms with E-state index >= 15 is 0 Å². The van der Waals surface area contributed by atoms with Crippen LogP contribution in [0.4, 0.5) is 13.2 Å². The van der Waals surface area contributed by atoms with Crippen molar-refractivity contribution in [2.24, 2.45) is 0 Å². The van der Waals surface area contributed by atoms with Crippen LogP contribution in [0.2, 0.25) is 0 Å². The van der Waals surface area contributed by atoms with Crippen LogP contribution in [0.1, 0.15) is 17.5 Å². The average Bonchev–Trinajstić information content (AvgIpc) is 3.71. The van der Waals surface area contributed by atoms with Gasteiger partial charge < -0.3 is 4.98 Å². The lowest BCUT2D eigenvalue weighted by Gasteiger charge is -2.15. The molecule has 0 atom stereocenters. The van der Waals surface area contributed by atoms with Crippen molar-refractivity contribution in [2.45, 2.75) is 25.3 Å². The Morgan fingerprint density at radius 2 is 1.87 bits per heavy atom. The van der Waals surface area contributed by atoms with Crippen molar-refractivity contribution in [1.29, 1.82) is 0 Å². The van der Waals surface area contributed by atoms with Crippen LogP contribution in [-0.4, -0.2) is 79.5 Å². The predicted molar refractivity (Wildman–Crippen MR) is 164 cm³/mol. The van der Waals surface area contributed by atoms with Crippen LogP contribution in [0, 0.1) is 5.82 Å². The Morgan fingerprint density at radius 3 is 2.67 bits per heavy atom. The fourth-order valence-electron chi connectivity index (χ4n) is 5.69. The van der Waals surface area contributed by atoms with Gasteiger partial charge in [-0.25, -0.2) is 31.6 Å². The predicted octanol–water partition coefficient (Wildman–Crippen LogP) is 5.19. The fourth-order valence-corrected chi connectivity index (χ4v) is 6.29. The van der Waals surface area contributed by atoms with Crippen molar-refractivity contribution in [1.82, 2.24) is 40.0 Å². The largest absolute Gasteiger partial charge is 0.335 e. The second-order valence-electron chi connectivity index (χ2n) is 11.5. The maximum atomic E-state index is 14.6. The first-order valence-electron chi connectivity index (χ1n) is 14.2. The van der Waals surface area contributed by atoms with Gasteiger partial charge in [-0.1, -0.05) is 6.07 Å². The number of fused-ring (bicyclic) bond motifs is 2. The molecule has 7 rings (SSSR count). The number of sulfone groups is 1. The van der Waals surface area contributed by atoms with Gasteiger partial charge in [0, 0.05) is 60.9 Å². The number of rotatable bonds is 8. The molecule has 1 aliphatic rings. The summed E-state index contributed by atoms with van der Waals surface area (Å²) in [6, 6.07) is 10.00. The highest BCUT2D eigenvalue weighted by Gasteiger charge is 2.38. The molecule has 0 saturated carbocycles. The van der Waals surface area contributed by atoms with Crippen molar-refractivity contribution < 1.29 is 21.6 Å². The summed E-state index contributed by atoms with van der Waals surface area (Å²) < 4.78 is 65.3. The lowest BCUT2D eigenvalue weighted by Crippen LogP contribution is -2.24. The van der Waals surface area contributed by atoms with E-state index in [2.05, 4.69) is 35.1 Å². The minimum Gasteiger partial charge on any atom is -0.335 e. The molecule has 0 radical (unpaired) electrons. The van der Waals surface area contributed by atoms with Gasteiger partial charge in [-0.05, 0) is 53.4 Å². The number of pyridine rings is 3. The van der Waals surface area contributed by atoms with Gasteiger partial charge >= 0.3 is 0 Å². The molecule has 5 aromatic heterocycles. The van der Waals surface area contributed by atoms with Crippen molar-refractivity contribution in [3.8, 4) is 33.9 Å². The standard InChI is InChI=1S/C31H27F3N8O2S/c1-45(43,44)7-3-18-8-20(11-22(32)10-18)23-2-5-36-29-27(23)38-30(39-29)28-24-12-25(37-15-26(24)40-41-28)21-9-19(13-35-14-21)16-42-6-4-31(33,34)17-42/h2,5,8-15H,3-4,6-7,16-17H2,1H3,(H,40,41)(H,36,38,39). The summed E-state index contributed by atoms with van der Waals surface area (Å²) in [5.74, 6) is -2.79. The van der Waals surface area contributed by atoms with E-state index in [1.807, 2.05) is 12.1 Å². The molecule has 1 aliphatic heterocycles. The molecular formula is C31H27F3N8O2S. The molecule has 10 nitrogen and oxygen atoms in total. The third-order valence-electron chi connectivity index (χ3n) is 7.84. The summed E-state index contributed by atoms with van der Waals surface area (Å²) in [5.41, 5.74) is 6.12. The van der Waals surface area contributed by atoms with Crippen molar-refractivity contribution in [3.05, 3.63) is 78.1 Å². The summed E-state index contributed by atoms with van der Waals surface area (Å²) in [5, 5.41) is 8.19. The van der Waals surface area contributed by atoms with Gasteiger partial charge in [0.2, 0.25) is 0 Å². The quantitative estimate of drug-likeness (QED) is 0.234. The van der Waals surface area contributed by atoms with Crippen LogP contribution in [0.3, 0.4) is 0 Å². The lowest BCUT2D eigenvalue weighted by atomic mass is 10.0. The first-order chi connectivity index (χ1) is 21.5. The maximum absolute atomic E-state index is 14.6. The van der Waals surface area contributed by atoms with Crippen LogP contribution in [-0.2, 0) is 22.8 Å². The number of H-pyrrole nitrogens is 2. The normalized spacial score (nSPS) is 15.4. The molecule has 0 bridgehead atoms. The first-order valence-corrected chi connectivity index (χ1v) is 16.3. The number of aryl methyl sites for hydroxylation is 1. The Morgan fingerprint density at radius 1 is 1.02 bits per heavy atom. The summed E-state index contributed by atoms with van der Waals surface area (Å²) in [7, 11) is -3.21. The number of halogens is 3. The van der Waals surface area contributed by atoms with Gasteiger partial charge in [0.25, 0.3) is 5.92 Å². The molecule has 0 aliphatic carbocycles. The highest BCUT2D eigenvalue weighted by atomic mass is 32.2. The molecule has 6 heterocycles. The van der Waals surface area contributed by atoms with Crippen molar-refractivity contribution in [3.63, 3.8) is 0 Å². The SMILES string of the molecule is CS(=O)(=O)CCc1cc(F)cc(-c2ccnc3nc(-c4n[nH]c5cnc(-c6cncc(CN7CCC(F)(F)C7)c6)cc45)[nH]c23)c1. The molecule has 14 heteroatoms. The smallest absolute Gasteiger partial charge is 0.261 e. The maximum Gasteiger partial charge on any atom is 0.261 e. The zero-order valence-electron chi connectivity index (χ0n) is 24.1. The van der Waals surface area contributed by atoms with E-state index in [0.717, 1.165) is 22.8 Å². The minimum atomic E-state index is -3.21. The van der Waals surface area contributed by atoms with Gasteiger partial charge in [0.15, 0.2) is 11.5 Å². The Labute approximate surface area is 255 Å². The summed E-state index contributed by atoms with van der Waals surface area (Å²) in [6.07, 6.45) is 7.79. The molecule has 0 amide bonds. The zero-order chi connectivity index (χ0) is 31.3. The second-order valence-corrected chi connectivity index (χ2v) is 13.7. The molecule has 0 spiro atoms. The minimum absolute atomic E-state index is 0.0867. The van der Waals surface area contributed by atoms with E-state index in [1.165, 1.54) is 12.1 Å². The van der Waals surface area contributed by atoms with Crippen molar-refractivity contribution >= 4 is 31.9 Å². The molecular weight excluding hydrogens is 605 g/mol. The number of alkyl halides is 2. The molecule has 1 aromatic carbocycles. The molecule has 1 saturated heterocycles. The number of hydrogen-bond donors (Lipinski definition) is 2. The second kappa shape index (κ2) is 11.0. The summed E-state index contributed by atoms with van der Waals surface area (Å²) >= 11 is 0. The lowest BCUT2D eigenvalue weighted by molar-refractivity contribution is 0.0115. The number of likely N-dealkylation sites (tertiary alicyclic amines) is 1. The number of hydrogen-bond acceptors (Lipinski definition) is 8. The van der Waals surface area contributed by atoms with Crippen LogP contribution in [0.5, 0.6) is 0 Å². The van der Waals surface area contributed by atoms with E-state index in [0.29, 0.717) is 63.7 Å². The number of nitrogens with zero attached hydrogens (tertiary/aromatic N) is 6. The third-order valence-corrected chi connectivity index (χ3v) is 8.78. The topological polar surface area (TPSA) is 133 Å². The van der Waals surface area contributed by atoms with Crippen LogP contribution >= 0.6 is 0 Å². The first kappa shape index (κ1) is 29.0. The molecule has 0 unspecified atom stereocenters. The van der Waals surface area contributed by atoms with E-state index in [9.17, 15) is 21.6 Å². The number of aromatic amines is 2. The van der Waals surface area contributed by atoms with E-state index in [1.54, 1.807) is 41.8 Å². The number of aromatic nitrogens is 7. The van der Waals surface area contributed by atoms with E-state index in [-0.39, 0.29) is 25.1 Å². The van der Waals surface area contributed by atoms with Gasteiger partial charge in [-0.2, -0.15) is 5.10 Å². The van der Waals surface area contributed by atoms with Crippen LogP contribution in [0.15, 0.2) is 61.2 Å². The molecule has 2 N–H and O–H groups in total. The highest BCUT2D eigenvalue weighted by molar-refractivity contribution is 7.90. The Bertz CT molecular complexity index is 2180. The Balaban J connectivity index is 1.22. The molecule has 45 heavy (non-hydrogen) atoms. The number of benzene rings is 1. The Kier molecular flexibility index (Phi) is 7.12. The summed E-state index contributed by atoms with van der Waals surface area (Å²) in [4.78, 5) is 23.0. The fraction of sp³-hybridized carbons (Fsp3) is 0.258. The monoisotopic (exact) mass is 632 g/mol. The molecule has 6 aromatic rings. The third kappa shape index (κ3) is 6.15. The highest BCUT2D eigenvalue weighted by Crippen LogP contribution is 2.33. The molecule has 230 valence electrons. The number of imidazole rings is 1. The average molecular weight is 633 g/mol. The van der Waals surface area contributed by atoms with E-state index in [4.69, 9.17) is 0 Å². The van der Waals surface area contributed by atoms with E-state index < -0.39 is 21.6 Å². The molecule has 1 fully saturated rings. The summed E-state index contributed by atoms with van der Waals surface area (Å²) in [6.45, 7) is 0.434. The number of nitrogens with one attached hydrogen (secondary N) is 2. The van der Waals surface area contributed by atoms with Gasteiger partial charge in [-0.3, -0.25) is 20.0 Å². The van der Waals surface area contributed by atoms with Gasteiger partial charge in [0.05, 0.1) is 35.2 Å². The van der Waals surface area contributed by atoms with Crippen LogP contribution in [0.25, 0.3) is 56.0 Å². The van der Waals surface area contributed by atoms with Crippen molar-refractivity contribution in [2.75, 3.05) is 25.1 Å².